The molecule has 0 atom stereocenters. The van der Waals surface area contributed by atoms with E-state index in [1.807, 2.05) is 0 Å². The Kier molecular flexibility index (Phi) is 9.24. The minimum Gasteiger partial charge on any atom is -0.309 e. The normalized spacial score (nSPS) is 13.2. The van der Waals surface area contributed by atoms with Crippen molar-refractivity contribution < 1.29 is 0 Å². The average Bonchev–Trinajstić information content (AvgIpc) is 3.65. The molecule has 8 rings (SSSR count). The Morgan fingerprint density at radius 1 is 0.448 bits per heavy atom. The predicted octanol–water partition coefficient (Wildman–Crippen LogP) is 16.2. The summed E-state index contributed by atoms with van der Waals surface area (Å²) in [6.45, 7) is 35.0. The van der Waals surface area contributed by atoms with Crippen molar-refractivity contribution in [2.75, 3.05) is 0 Å². The third kappa shape index (κ3) is 6.67. The highest BCUT2D eigenvalue weighted by atomic mass is 15.0. The van der Waals surface area contributed by atoms with Crippen molar-refractivity contribution in [1.29, 1.82) is 0 Å². The van der Waals surface area contributed by atoms with E-state index in [1.165, 1.54) is 99.5 Å². The van der Waals surface area contributed by atoms with Crippen molar-refractivity contribution in [2.45, 2.75) is 131 Å². The van der Waals surface area contributed by atoms with Crippen LogP contribution in [0.2, 0.25) is 0 Å². The molecular formula is C56H64N2. The lowest BCUT2D eigenvalue weighted by molar-refractivity contribution is 0.568. The fourth-order valence-corrected chi connectivity index (χ4v) is 9.15. The number of aryl methyl sites for hydroxylation is 1. The molecule has 0 saturated heterocycles. The summed E-state index contributed by atoms with van der Waals surface area (Å²) in [5.41, 5.74) is 17.9. The smallest absolute Gasteiger partial charge is 0.0547 e. The monoisotopic (exact) mass is 765 g/mol. The van der Waals surface area contributed by atoms with Gasteiger partial charge in [-0.15, -0.1) is 0 Å². The highest BCUT2D eigenvalue weighted by Crippen LogP contribution is 2.48. The Balaban J connectivity index is 1.59. The average molecular weight is 765 g/mol. The second-order valence-electron chi connectivity index (χ2n) is 21.5. The van der Waals surface area contributed by atoms with Crippen LogP contribution < -0.4 is 0 Å². The number of fused-ring (bicyclic) bond motifs is 6. The van der Waals surface area contributed by atoms with Crippen LogP contribution in [-0.2, 0) is 21.7 Å². The second kappa shape index (κ2) is 13.5. The molecule has 298 valence electrons. The Hall–Kier alpha value is -5.08. The van der Waals surface area contributed by atoms with Crippen molar-refractivity contribution in [3.8, 4) is 22.5 Å². The number of hydrogen-bond donors (Lipinski definition) is 0. The fraction of sp³-hybridized carbons (Fsp3) is 0.357. The number of hydrogen-bond acceptors (Lipinski definition) is 0. The van der Waals surface area contributed by atoms with Crippen LogP contribution in [0.3, 0.4) is 0 Å². The zero-order chi connectivity index (χ0) is 41.9. The van der Waals surface area contributed by atoms with E-state index in [4.69, 9.17) is 0 Å². The first-order valence-corrected chi connectivity index (χ1v) is 21.5. The van der Waals surface area contributed by atoms with Gasteiger partial charge in [0.2, 0.25) is 0 Å². The molecule has 6 aromatic carbocycles. The predicted molar refractivity (Wildman–Crippen MR) is 254 cm³/mol. The quantitative estimate of drug-likeness (QED) is 0.169. The van der Waals surface area contributed by atoms with Gasteiger partial charge in [-0.2, -0.15) is 0 Å². The third-order valence-electron chi connectivity index (χ3n) is 12.5. The van der Waals surface area contributed by atoms with Gasteiger partial charge in [-0.05, 0) is 128 Å². The lowest BCUT2D eigenvalue weighted by atomic mass is 9.80. The molecule has 0 spiro atoms. The van der Waals surface area contributed by atoms with Gasteiger partial charge in [0.1, 0.15) is 0 Å². The van der Waals surface area contributed by atoms with Gasteiger partial charge in [0.05, 0.1) is 27.8 Å². The van der Waals surface area contributed by atoms with E-state index < -0.39 is 0 Å². The van der Waals surface area contributed by atoms with Gasteiger partial charge in [0.15, 0.2) is 0 Å². The molecule has 0 radical (unpaired) electrons. The summed E-state index contributed by atoms with van der Waals surface area (Å²) < 4.78 is 5.15. The molecule has 0 aliphatic rings. The zero-order valence-corrected chi connectivity index (χ0v) is 37.9. The van der Waals surface area contributed by atoms with Gasteiger partial charge in [0, 0.05) is 27.2 Å². The summed E-state index contributed by atoms with van der Waals surface area (Å²) in [5.74, 6) is 0.442. The number of aromatic nitrogens is 2. The van der Waals surface area contributed by atoms with E-state index in [0.717, 1.165) is 0 Å². The minimum absolute atomic E-state index is 0.00986. The third-order valence-corrected chi connectivity index (χ3v) is 12.5. The first-order chi connectivity index (χ1) is 27.0. The summed E-state index contributed by atoms with van der Waals surface area (Å²) >= 11 is 0. The molecule has 2 heterocycles. The Morgan fingerprint density at radius 3 is 1.60 bits per heavy atom. The molecule has 0 N–H and O–H groups in total. The van der Waals surface area contributed by atoms with E-state index in [1.54, 1.807) is 0 Å². The molecule has 2 aromatic heterocycles. The molecule has 2 heteroatoms. The van der Waals surface area contributed by atoms with E-state index >= 15 is 0 Å². The maximum absolute atomic E-state index is 2.58. The molecule has 8 aromatic rings. The van der Waals surface area contributed by atoms with E-state index in [0.29, 0.717) is 5.92 Å². The van der Waals surface area contributed by atoms with Gasteiger partial charge in [-0.3, -0.25) is 0 Å². The summed E-state index contributed by atoms with van der Waals surface area (Å²) in [7, 11) is 0. The molecular weight excluding hydrogens is 701 g/mol. The lowest BCUT2D eigenvalue weighted by Gasteiger charge is -2.27. The highest BCUT2D eigenvalue weighted by molar-refractivity contribution is 6.19. The van der Waals surface area contributed by atoms with Crippen molar-refractivity contribution in [2.24, 2.45) is 0 Å². The SMILES string of the molecule is Cc1cccc(-c2cccc3c2c2c(C(C)(C)C)c(-n4c5ccc(C(C)C)cc5c5cc(C(C)(C)C)ccc54)ccc2n3-c2cc(C(C)(C)C)cc(C(C)(C)C)c2)c1. The van der Waals surface area contributed by atoms with Gasteiger partial charge in [-0.1, -0.05) is 157 Å². The Morgan fingerprint density at radius 2 is 1.02 bits per heavy atom. The van der Waals surface area contributed by atoms with Gasteiger partial charge < -0.3 is 9.13 Å². The highest BCUT2D eigenvalue weighted by Gasteiger charge is 2.30. The van der Waals surface area contributed by atoms with E-state index in [9.17, 15) is 0 Å². The van der Waals surface area contributed by atoms with Crippen LogP contribution in [0.1, 0.15) is 136 Å². The van der Waals surface area contributed by atoms with E-state index in [-0.39, 0.29) is 21.7 Å². The number of rotatable bonds is 4. The Bertz CT molecular complexity index is 2860. The zero-order valence-electron chi connectivity index (χ0n) is 37.9. The van der Waals surface area contributed by atoms with E-state index in [2.05, 4.69) is 222 Å². The summed E-state index contributed by atoms with van der Waals surface area (Å²) in [6, 6.07) is 42.6. The van der Waals surface area contributed by atoms with Crippen molar-refractivity contribution in [1.82, 2.24) is 9.13 Å². The fourth-order valence-electron chi connectivity index (χ4n) is 9.15. The van der Waals surface area contributed by atoms with Crippen LogP contribution >= 0.6 is 0 Å². The number of benzene rings is 6. The standard InChI is InChI=1S/C56H64N2/c1-34(2)36-22-24-45-43(29-36)44-33-38(53(4,5)6)23-25-46(44)58(45)49-27-26-48-51(52(49)56(13,14)15)50-42(37-19-16-18-35(3)28-37)20-17-21-47(50)57(48)41-31-39(54(7,8)9)30-40(32-41)55(10,11)12/h16-34H,1-15H3. The molecule has 0 bridgehead atoms. The summed E-state index contributed by atoms with van der Waals surface area (Å²) in [5, 5.41) is 5.28. The lowest BCUT2D eigenvalue weighted by Crippen LogP contribution is -2.17. The number of nitrogens with zero attached hydrogens (tertiary/aromatic N) is 2. The van der Waals surface area contributed by atoms with Gasteiger partial charge in [0.25, 0.3) is 0 Å². The van der Waals surface area contributed by atoms with Crippen molar-refractivity contribution >= 4 is 43.6 Å². The van der Waals surface area contributed by atoms with Crippen LogP contribution in [0, 0.1) is 6.92 Å². The molecule has 0 amide bonds. The molecule has 58 heavy (non-hydrogen) atoms. The second-order valence-corrected chi connectivity index (χ2v) is 21.5. The molecule has 0 aliphatic carbocycles. The van der Waals surface area contributed by atoms with Crippen LogP contribution in [0.4, 0.5) is 0 Å². The topological polar surface area (TPSA) is 9.86 Å². The van der Waals surface area contributed by atoms with Crippen LogP contribution in [0.25, 0.3) is 66.1 Å². The molecule has 0 aliphatic heterocycles. The summed E-state index contributed by atoms with van der Waals surface area (Å²) in [6.07, 6.45) is 0. The van der Waals surface area contributed by atoms with Crippen molar-refractivity contribution in [3.05, 3.63) is 143 Å². The first-order valence-electron chi connectivity index (χ1n) is 21.5. The van der Waals surface area contributed by atoms with Crippen LogP contribution in [0.15, 0.2) is 109 Å². The molecule has 0 unspecified atom stereocenters. The van der Waals surface area contributed by atoms with Gasteiger partial charge >= 0.3 is 0 Å². The van der Waals surface area contributed by atoms with Crippen molar-refractivity contribution in [3.63, 3.8) is 0 Å². The first kappa shape index (κ1) is 39.7. The molecule has 0 saturated carbocycles. The maximum atomic E-state index is 2.58. The summed E-state index contributed by atoms with van der Waals surface area (Å²) in [4.78, 5) is 0. The van der Waals surface area contributed by atoms with Crippen LogP contribution in [-0.4, -0.2) is 9.13 Å². The minimum atomic E-state index is -0.205. The Labute approximate surface area is 347 Å². The molecule has 2 nitrogen and oxygen atoms in total. The molecule has 0 fully saturated rings. The maximum Gasteiger partial charge on any atom is 0.0547 e. The van der Waals surface area contributed by atoms with Gasteiger partial charge in [-0.25, -0.2) is 0 Å². The largest absolute Gasteiger partial charge is 0.309 e. The van der Waals surface area contributed by atoms with Crippen LogP contribution in [0.5, 0.6) is 0 Å².